The van der Waals surface area contributed by atoms with Crippen LogP contribution in [0, 0.1) is 5.82 Å². The van der Waals surface area contributed by atoms with Gasteiger partial charge in [0.1, 0.15) is 5.82 Å². The van der Waals surface area contributed by atoms with Crippen LogP contribution in [0.25, 0.3) is 0 Å². The first-order valence-electron chi connectivity index (χ1n) is 10.2. The Hall–Kier alpha value is -2.93. The van der Waals surface area contributed by atoms with Crippen LogP contribution in [0.4, 0.5) is 20.9 Å². The number of hydrogen-bond acceptors (Lipinski definition) is 5. The van der Waals surface area contributed by atoms with Crippen LogP contribution in [0.1, 0.15) is 18.2 Å². The van der Waals surface area contributed by atoms with Crippen LogP contribution in [0.5, 0.6) is 0 Å². The minimum absolute atomic E-state index is 0.0953. The van der Waals surface area contributed by atoms with Crippen molar-refractivity contribution in [3.8, 4) is 0 Å². The third-order valence-corrected chi connectivity index (χ3v) is 6.13. The fourth-order valence-corrected chi connectivity index (χ4v) is 4.26. The molecular formula is C23H25FN4OS. The van der Waals surface area contributed by atoms with Crippen LogP contribution in [-0.4, -0.2) is 42.0 Å². The number of thiazole rings is 1. The number of amides is 1. The molecule has 0 aliphatic carbocycles. The molecule has 7 heteroatoms. The molecule has 4 rings (SSSR count). The molecule has 1 aliphatic heterocycles. The summed E-state index contributed by atoms with van der Waals surface area (Å²) in [5.74, 6) is -0.138. The molecule has 3 aromatic rings. The molecular weight excluding hydrogens is 399 g/mol. The topological polar surface area (TPSA) is 48.5 Å². The lowest BCUT2D eigenvalue weighted by atomic mass is 10.1. The van der Waals surface area contributed by atoms with E-state index in [0.717, 1.165) is 41.7 Å². The maximum Gasteiger partial charge on any atom is 0.228 e. The molecule has 0 radical (unpaired) electrons. The lowest BCUT2D eigenvalue weighted by Gasteiger charge is -2.36. The first-order valence-corrected chi connectivity index (χ1v) is 11.1. The van der Waals surface area contributed by atoms with Crippen LogP contribution < -0.4 is 10.2 Å². The largest absolute Gasteiger partial charge is 0.368 e. The highest BCUT2D eigenvalue weighted by molar-refractivity contribution is 7.13. The lowest BCUT2D eigenvalue weighted by molar-refractivity contribution is -0.130. The molecule has 1 N–H and O–H groups in total. The first kappa shape index (κ1) is 20.3. The maximum atomic E-state index is 13.1. The molecule has 0 bridgehead atoms. The van der Waals surface area contributed by atoms with Crippen molar-refractivity contribution in [3.63, 3.8) is 0 Å². The van der Waals surface area contributed by atoms with Gasteiger partial charge < -0.3 is 15.1 Å². The summed E-state index contributed by atoms with van der Waals surface area (Å²) < 4.78 is 13.1. The Bertz CT molecular complexity index is 979. The van der Waals surface area contributed by atoms with Crippen LogP contribution in [0.15, 0.2) is 53.9 Å². The molecule has 2 aromatic carbocycles. The zero-order valence-electron chi connectivity index (χ0n) is 17.0. The SMILES string of the molecule is CCc1ccc(Nc2nc(CC(=O)N3CCN(c4ccc(F)cc4)CC3)cs2)cc1. The molecule has 1 aliphatic rings. The number of carbonyl (C=O) groups excluding carboxylic acids is 1. The van der Waals surface area contributed by atoms with Crippen LogP contribution >= 0.6 is 11.3 Å². The van der Waals surface area contributed by atoms with Gasteiger partial charge in [-0.3, -0.25) is 4.79 Å². The van der Waals surface area contributed by atoms with E-state index >= 15 is 0 Å². The van der Waals surface area contributed by atoms with E-state index in [-0.39, 0.29) is 11.7 Å². The van der Waals surface area contributed by atoms with Gasteiger partial charge in [-0.15, -0.1) is 11.3 Å². The predicted octanol–water partition coefficient (Wildman–Crippen LogP) is 4.48. The summed E-state index contributed by atoms with van der Waals surface area (Å²) in [6, 6.07) is 14.8. The monoisotopic (exact) mass is 424 g/mol. The van der Waals surface area contributed by atoms with Crippen LogP contribution in [0.2, 0.25) is 0 Å². The standard InChI is InChI=1S/C23H25FN4OS/c1-2-17-3-7-19(8-4-17)25-23-26-20(16-30-23)15-22(29)28-13-11-27(12-14-28)21-9-5-18(24)6-10-21/h3-10,16H,2,11-15H2,1H3,(H,25,26). The smallest absolute Gasteiger partial charge is 0.228 e. The van der Waals surface area contributed by atoms with Gasteiger partial charge in [0.05, 0.1) is 12.1 Å². The number of anilines is 3. The third kappa shape index (κ3) is 4.97. The second-order valence-electron chi connectivity index (χ2n) is 7.34. The third-order valence-electron chi connectivity index (χ3n) is 5.32. The predicted molar refractivity (Wildman–Crippen MR) is 120 cm³/mol. The summed E-state index contributed by atoms with van der Waals surface area (Å²) in [6.07, 6.45) is 1.32. The summed E-state index contributed by atoms with van der Waals surface area (Å²) in [4.78, 5) is 21.3. The van der Waals surface area contributed by atoms with Crippen LogP contribution in [0.3, 0.4) is 0 Å². The normalized spacial score (nSPS) is 14.1. The van der Waals surface area contributed by atoms with Gasteiger partial charge in [-0.2, -0.15) is 0 Å². The van der Waals surface area contributed by atoms with Crippen LogP contribution in [-0.2, 0) is 17.6 Å². The van der Waals surface area contributed by atoms with Gasteiger partial charge in [-0.25, -0.2) is 9.37 Å². The molecule has 156 valence electrons. The Labute approximate surface area is 180 Å². The van der Waals surface area contributed by atoms with Crippen molar-refractivity contribution < 1.29 is 9.18 Å². The van der Waals surface area contributed by atoms with E-state index in [2.05, 4.69) is 34.3 Å². The molecule has 1 aromatic heterocycles. The Morgan fingerprint density at radius 3 is 2.43 bits per heavy atom. The first-order chi connectivity index (χ1) is 14.6. The molecule has 0 atom stereocenters. The quantitative estimate of drug-likeness (QED) is 0.634. The minimum atomic E-state index is -0.234. The average Bonchev–Trinajstić information content (AvgIpc) is 3.21. The highest BCUT2D eigenvalue weighted by Gasteiger charge is 2.22. The van der Waals surface area contributed by atoms with E-state index in [1.54, 1.807) is 12.1 Å². The van der Waals surface area contributed by atoms with E-state index < -0.39 is 0 Å². The van der Waals surface area contributed by atoms with Gasteiger partial charge in [0, 0.05) is 42.9 Å². The number of piperazine rings is 1. The summed E-state index contributed by atoms with van der Waals surface area (Å²) >= 11 is 1.51. The van der Waals surface area contributed by atoms with E-state index in [4.69, 9.17) is 0 Å². The summed E-state index contributed by atoms with van der Waals surface area (Å²) in [5.41, 5.74) is 4.08. The molecule has 1 saturated heterocycles. The maximum absolute atomic E-state index is 13.1. The number of aryl methyl sites for hydroxylation is 1. The minimum Gasteiger partial charge on any atom is -0.368 e. The Morgan fingerprint density at radius 1 is 1.07 bits per heavy atom. The molecule has 1 amide bonds. The van der Waals surface area contributed by atoms with E-state index in [9.17, 15) is 9.18 Å². The molecule has 0 spiro atoms. The van der Waals surface area contributed by atoms with E-state index in [1.165, 1.54) is 29.0 Å². The number of hydrogen-bond donors (Lipinski definition) is 1. The number of carbonyl (C=O) groups is 1. The molecule has 5 nitrogen and oxygen atoms in total. The molecule has 1 fully saturated rings. The fraction of sp³-hybridized carbons (Fsp3) is 0.304. The molecule has 0 unspecified atom stereocenters. The van der Waals surface area contributed by atoms with Crippen molar-refractivity contribution >= 4 is 33.8 Å². The van der Waals surface area contributed by atoms with Gasteiger partial charge in [0.25, 0.3) is 0 Å². The second-order valence-corrected chi connectivity index (χ2v) is 8.20. The van der Waals surface area contributed by atoms with Crippen molar-refractivity contribution in [3.05, 3.63) is 71.0 Å². The van der Waals surface area contributed by atoms with E-state index in [0.29, 0.717) is 19.5 Å². The number of nitrogens with one attached hydrogen (secondary N) is 1. The Balaban J connectivity index is 1.28. The van der Waals surface area contributed by atoms with Gasteiger partial charge in [-0.1, -0.05) is 19.1 Å². The van der Waals surface area contributed by atoms with E-state index in [1.807, 2.05) is 22.4 Å². The fourth-order valence-electron chi connectivity index (χ4n) is 3.53. The average molecular weight is 425 g/mol. The Kier molecular flexibility index (Phi) is 6.28. The number of rotatable bonds is 6. The van der Waals surface area contributed by atoms with Crippen molar-refractivity contribution in [1.29, 1.82) is 0 Å². The zero-order valence-corrected chi connectivity index (χ0v) is 17.8. The highest BCUT2D eigenvalue weighted by atomic mass is 32.1. The summed E-state index contributed by atoms with van der Waals surface area (Å²) in [5, 5.41) is 6.04. The second kappa shape index (κ2) is 9.26. The number of halogens is 1. The highest BCUT2D eigenvalue weighted by Crippen LogP contribution is 2.22. The van der Waals surface area contributed by atoms with Gasteiger partial charge in [-0.05, 0) is 48.4 Å². The van der Waals surface area contributed by atoms with Crippen molar-refractivity contribution in [2.24, 2.45) is 0 Å². The molecule has 30 heavy (non-hydrogen) atoms. The molecule has 2 heterocycles. The summed E-state index contributed by atoms with van der Waals surface area (Å²) in [6.45, 7) is 4.95. The van der Waals surface area contributed by atoms with Gasteiger partial charge >= 0.3 is 0 Å². The van der Waals surface area contributed by atoms with Crippen molar-refractivity contribution in [1.82, 2.24) is 9.88 Å². The number of aromatic nitrogens is 1. The summed E-state index contributed by atoms with van der Waals surface area (Å²) in [7, 11) is 0. The zero-order chi connectivity index (χ0) is 20.9. The number of benzene rings is 2. The van der Waals surface area contributed by atoms with Crippen molar-refractivity contribution in [2.75, 3.05) is 36.4 Å². The lowest BCUT2D eigenvalue weighted by Crippen LogP contribution is -2.49. The van der Waals surface area contributed by atoms with Gasteiger partial charge in [0.2, 0.25) is 5.91 Å². The number of nitrogens with zero attached hydrogens (tertiary/aromatic N) is 3. The Morgan fingerprint density at radius 2 is 1.77 bits per heavy atom. The van der Waals surface area contributed by atoms with Crippen molar-refractivity contribution in [2.45, 2.75) is 19.8 Å². The molecule has 0 saturated carbocycles. The van der Waals surface area contributed by atoms with Gasteiger partial charge in [0.15, 0.2) is 5.13 Å².